The van der Waals surface area contributed by atoms with E-state index in [0.29, 0.717) is 5.56 Å². The average Bonchev–Trinajstić information content (AvgIpc) is 2.41. The number of hydrogen-bond acceptors (Lipinski definition) is 2. The molecule has 0 spiro atoms. The normalized spacial score (nSPS) is 12.4. The maximum absolute atomic E-state index is 13.8. The quantitative estimate of drug-likeness (QED) is 0.849. The molecular weight excluding hydrogens is 251 g/mol. The summed E-state index contributed by atoms with van der Waals surface area (Å²) in [6, 6.07) is 16.0. The topological polar surface area (TPSA) is 34.1 Å². The lowest BCUT2D eigenvalue weighted by molar-refractivity contribution is 0.579. The van der Waals surface area contributed by atoms with E-state index in [4.69, 9.17) is 0 Å². The van der Waals surface area contributed by atoms with Crippen LogP contribution in [0.25, 0.3) is 6.08 Å². The van der Waals surface area contributed by atoms with Crippen molar-refractivity contribution in [2.45, 2.75) is 4.90 Å². The molecule has 0 aromatic heterocycles. The third-order valence-electron chi connectivity index (χ3n) is 2.39. The SMILES string of the molecule is O=S(=O)(/C(F)=C\c1ccccc1)c1ccccc1. The molecule has 0 heterocycles. The summed E-state index contributed by atoms with van der Waals surface area (Å²) < 4.78 is 37.6. The molecule has 0 bridgehead atoms. The third-order valence-corrected chi connectivity index (χ3v) is 3.91. The fourth-order valence-electron chi connectivity index (χ4n) is 1.47. The van der Waals surface area contributed by atoms with Gasteiger partial charge in [-0.05, 0) is 23.8 Å². The molecule has 4 heteroatoms. The Morgan fingerprint density at radius 2 is 1.39 bits per heavy atom. The van der Waals surface area contributed by atoms with Crippen LogP contribution in [0.2, 0.25) is 0 Å². The van der Waals surface area contributed by atoms with Crippen LogP contribution in [0.15, 0.2) is 70.7 Å². The summed E-state index contributed by atoms with van der Waals surface area (Å²) in [5.74, 6) is 0. The molecule has 0 radical (unpaired) electrons. The molecule has 0 unspecified atom stereocenters. The van der Waals surface area contributed by atoms with Crippen LogP contribution in [-0.2, 0) is 9.84 Å². The van der Waals surface area contributed by atoms with Crippen molar-refractivity contribution in [3.05, 3.63) is 71.4 Å². The molecular formula is C14H11FO2S. The van der Waals surface area contributed by atoms with Crippen LogP contribution in [0.1, 0.15) is 5.56 Å². The molecule has 0 amide bonds. The number of halogens is 1. The number of rotatable bonds is 3. The molecule has 0 fully saturated rings. The molecule has 0 aliphatic heterocycles. The lowest BCUT2D eigenvalue weighted by Gasteiger charge is -2.01. The van der Waals surface area contributed by atoms with E-state index < -0.39 is 15.0 Å². The molecule has 2 nitrogen and oxygen atoms in total. The van der Waals surface area contributed by atoms with Crippen LogP contribution in [0.3, 0.4) is 0 Å². The molecule has 0 saturated heterocycles. The monoisotopic (exact) mass is 262 g/mol. The molecule has 2 rings (SSSR count). The molecule has 0 aliphatic rings. The molecule has 0 aliphatic carbocycles. The standard InChI is InChI=1S/C14H11FO2S/c15-14(11-12-7-3-1-4-8-12)18(16,17)13-9-5-2-6-10-13/h1-11H/b14-11-. The van der Waals surface area contributed by atoms with Crippen LogP contribution in [0, 0.1) is 0 Å². The van der Waals surface area contributed by atoms with Crippen molar-refractivity contribution in [1.29, 1.82) is 0 Å². The highest BCUT2D eigenvalue weighted by atomic mass is 32.2. The molecule has 2 aromatic carbocycles. The predicted octanol–water partition coefficient (Wildman–Crippen LogP) is 3.43. The summed E-state index contributed by atoms with van der Waals surface area (Å²) in [6.45, 7) is 0. The first-order valence-electron chi connectivity index (χ1n) is 5.33. The van der Waals surface area contributed by atoms with E-state index in [1.807, 2.05) is 0 Å². The first-order chi connectivity index (χ1) is 8.60. The molecule has 92 valence electrons. The molecule has 0 N–H and O–H groups in total. The number of hydrogen-bond donors (Lipinski definition) is 0. The van der Waals surface area contributed by atoms with Crippen molar-refractivity contribution in [3.8, 4) is 0 Å². The summed E-state index contributed by atoms with van der Waals surface area (Å²) in [4.78, 5) is -0.0466. The van der Waals surface area contributed by atoms with Gasteiger partial charge in [0, 0.05) is 0 Å². The highest BCUT2D eigenvalue weighted by molar-refractivity contribution is 7.95. The average molecular weight is 262 g/mol. The van der Waals surface area contributed by atoms with Gasteiger partial charge in [0.2, 0.25) is 15.0 Å². The largest absolute Gasteiger partial charge is 0.233 e. The summed E-state index contributed by atoms with van der Waals surface area (Å²) >= 11 is 0. The van der Waals surface area contributed by atoms with Gasteiger partial charge in [-0.1, -0.05) is 48.5 Å². The van der Waals surface area contributed by atoms with E-state index in [-0.39, 0.29) is 4.90 Å². The van der Waals surface area contributed by atoms with Crippen molar-refractivity contribution < 1.29 is 12.8 Å². The van der Waals surface area contributed by atoms with E-state index in [9.17, 15) is 12.8 Å². The first kappa shape index (κ1) is 12.5. The predicted molar refractivity (Wildman–Crippen MR) is 69.2 cm³/mol. The van der Waals surface area contributed by atoms with E-state index in [1.165, 1.54) is 12.1 Å². The Hall–Kier alpha value is -1.94. The molecule has 0 atom stereocenters. The summed E-state index contributed by atoms with van der Waals surface area (Å²) in [6.07, 6.45) is 1.02. The second-order valence-corrected chi connectivity index (χ2v) is 5.54. The van der Waals surface area contributed by atoms with Crippen molar-refractivity contribution in [3.63, 3.8) is 0 Å². The fourth-order valence-corrected chi connectivity index (χ4v) is 2.50. The maximum atomic E-state index is 13.8. The Labute approximate surface area is 105 Å². The zero-order valence-corrected chi connectivity index (χ0v) is 10.3. The first-order valence-corrected chi connectivity index (χ1v) is 6.81. The summed E-state index contributed by atoms with van der Waals surface area (Å²) in [7, 11) is -4.04. The highest BCUT2D eigenvalue weighted by Gasteiger charge is 2.20. The van der Waals surface area contributed by atoms with Gasteiger partial charge in [0.1, 0.15) is 0 Å². The Bertz CT molecular complexity index is 647. The maximum Gasteiger partial charge on any atom is 0.233 e. The van der Waals surface area contributed by atoms with Gasteiger partial charge >= 0.3 is 0 Å². The van der Waals surface area contributed by atoms with Gasteiger partial charge in [0.05, 0.1) is 4.90 Å². The summed E-state index contributed by atoms with van der Waals surface area (Å²) in [5, 5.41) is -1.15. The van der Waals surface area contributed by atoms with Crippen LogP contribution in [0.5, 0.6) is 0 Å². The lowest BCUT2D eigenvalue weighted by atomic mass is 10.2. The van der Waals surface area contributed by atoms with E-state index in [2.05, 4.69) is 0 Å². The number of sulfone groups is 1. The van der Waals surface area contributed by atoms with Crippen LogP contribution in [0.4, 0.5) is 4.39 Å². The third kappa shape index (κ3) is 2.65. The van der Waals surface area contributed by atoms with Crippen LogP contribution < -0.4 is 0 Å². The van der Waals surface area contributed by atoms with Gasteiger partial charge in [0.25, 0.3) is 0 Å². The van der Waals surface area contributed by atoms with Crippen molar-refractivity contribution in [2.24, 2.45) is 0 Å². The Morgan fingerprint density at radius 1 is 0.889 bits per heavy atom. The molecule has 0 saturated carbocycles. The van der Waals surface area contributed by atoms with Gasteiger partial charge in [-0.3, -0.25) is 0 Å². The number of benzene rings is 2. The minimum atomic E-state index is -4.04. The van der Waals surface area contributed by atoms with Gasteiger partial charge in [-0.2, -0.15) is 4.39 Å². The van der Waals surface area contributed by atoms with E-state index in [1.54, 1.807) is 48.5 Å². The second kappa shape index (κ2) is 5.14. The zero-order chi connectivity index (χ0) is 13.0. The van der Waals surface area contributed by atoms with Crippen molar-refractivity contribution >= 4 is 15.9 Å². The molecule has 18 heavy (non-hydrogen) atoms. The fraction of sp³-hybridized carbons (Fsp3) is 0. The van der Waals surface area contributed by atoms with Gasteiger partial charge in [-0.15, -0.1) is 0 Å². The minimum absolute atomic E-state index is 0.0466. The second-order valence-electron chi connectivity index (χ2n) is 3.68. The Morgan fingerprint density at radius 3 is 1.94 bits per heavy atom. The molecule has 2 aromatic rings. The van der Waals surface area contributed by atoms with Crippen molar-refractivity contribution in [1.82, 2.24) is 0 Å². The van der Waals surface area contributed by atoms with E-state index in [0.717, 1.165) is 6.08 Å². The van der Waals surface area contributed by atoms with Crippen LogP contribution >= 0.6 is 0 Å². The lowest BCUT2D eigenvalue weighted by Crippen LogP contribution is -2.00. The van der Waals surface area contributed by atoms with Gasteiger partial charge < -0.3 is 0 Å². The van der Waals surface area contributed by atoms with Gasteiger partial charge in [-0.25, -0.2) is 8.42 Å². The minimum Gasteiger partial charge on any atom is -0.216 e. The van der Waals surface area contributed by atoms with Crippen LogP contribution in [-0.4, -0.2) is 8.42 Å². The Balaban J connectivity index is 2.40. The zero-order valence-electron chi connectivity index (χ0n) is 9.45. The Kier molecular flexibility index (Phi) is 3.58. The van der Waals surface area contributed by atoms with Crippen molar-refractivity contribution in [2.75, 3.05) is 0 Å². The van der Waals surface area contributed by atoms with Gasteiger partial charge in [0.15, 0.2) is 0 Å². The highest BCUT2D eigenvalue weighted by Crippen LogP contribution is 2.22. The van der Waals surface area contributed by atoms with E-state index >= 15 is 0 Å². The smallest absolute Gasteiger partial charge is 0.216 e. The summed E-state index contributed by atoms with van der Waals surface area (Å²) in [5.41, 5.74) is 0.509.